The molecule has 0 unspecified atom stereocenters. The van der Waals surface area contributed by atoms with Gasteiger partial charge in [0.15, 0.2) is 6.10 Å². The normalized spacial score (nSPS) is 11.7. The second kappa shape index (κ2) is 7.96. The van der Waals surface area contributed by atoms with Gasteiger partial charge < -0.3 is 10.1 Å². The monoisotopic (exact) mass is 337 g/mol. The number of anilines is 1. The highest BCUT2D eigenvalue weighted by Gasteiger charge is 2.18. The van der Waals surface area contributed by atoms with Crippen molar-refractivity contribution in [2.45, 2.75) is 25.9 Å². The molecule has 2 aromatic rings. The average molecular weight is 338 g/mol. The molecule has 0 aliphatic rings. The zero-order valence-electron chi connectivity index (χ0n) is 12.0. The van der Waals surface area contributed by atoms with Crippen LogP contribution in [0.4, 0.5) is 5.69 Å². The number of hydrogen-bond donors (Lipinski definition) is 1. The van der Waals surface area contributed by atoms with Crippen molar-refractivity contribution in [3.8, 4) is 0 Å². The zero-order chi connectivity index (χ0) is 15.9. The third kappa shape index (κ3) is 5.16. The smallest absolute Gasteiger partial charge is 0.306 e. The molecule has 0 bridgehead atoms. The molecule has 22 heavy (non-hydrogen) atoms. The first-order valence-electron chi connectivity index (χ1n) is 6.83. The van der Waals surface area contributed by atoms with Crippen molar-refractivity contribution in [2.75, 3.05) is 5.32 Å². The summed E-state index contributed by atoms with van der Waals surface area (Å²) >= 11 is 7.44. The van der Waals surface area contributed by atoms with E-state index in [1.807, 2.05) is 17.5 Å². The topological polar surface area (TPSA) is 55.4 Å². The fourth-order valence-electron chi connectivity index (χ4n) is 1.80. The molecule has 4 nitrogen and oxygen atoms in total. The lowest BCUT2D eigenvalue weighted by Gasteiger charge is -2.13. The van der Waals surface area contributed by atoms with Crippen molar-refractivity contribution in [1.82, 2.24) is 0 Å². The Bertz CT molecular complexity index is 643. The second-order valence-electron chi connectivity index (χ2n) is 4.71. The summed E-state index contributed by atoms with van der Waals surface area (Å²) in [5, 5.41) is 5.15. The molecule has 1 aromatic carbocycles. The molecule has 0 radical (unpaired) electrons. The number of aryl methyl sites for hydroxylation is 1. The highest BCUT2D eigenvalue weighted by atomic mass is 35.5. The van der Waals surface area contributed by atoms with Crippen molar-refractivity contribution in [3.05, 3.63) is 51.7 Å². The van der Waals surface area contributed by atoms with Crippen molar-refractivity contribution >= 4 is 40.5 Å². The summed E-state index contributed by atoms with van der Waals surface area (Å²) in [6.07, 6.45) is 0.0313. The Kier molecular flexibility index (Phi) is 5.98. The van der Waals surface area contributed by atoms with Crippen LogP contribution in [-0.2, 0) is 20.7 Å². The van der Waals surface area contributed by atoms with Gasteiger partial charge in [-0.3, -0.25) is 9.59 Å². The highest BCUT2D eigenvalue weighted by molar-refractivity contribution is 7.09. The van der Waals surface area contributed by atoms with Crippen LogP contribution in [0, 0.1) is 0 Å². The number of carbonyl (C=O) groups is 2. The first-order valence-corrected chi connectivity index (χ1v) is 8.08. The molecular formula is C16H16ClNO3S. The van der Waals surface area contributed by atoms with E-state index >= 15 is 0 Å². The Hall–Kier alpha value is -1.85. The molecule has 0 spiro atoms. The van der Waals surface area contributed by atoms with Gasteiger partial charge in [-0.1, -0.05) is 23.7 Å². The van der Waals surface area contributed by atoms with E-state index in [2.05, 4.69) is 5.32 Å². The Morgan fingerprint density at radius 3 is 2.82 bits per heavy atom. The van der Waals surface area contributed by atoms with Crippen LogP contribution in [0.25, 0.3) is 0 Å². The van der Waals surface area contributed by atoms with E-state index in [0.717, 1.165) is 4.88 Å². The first-order chi connectivity index (χ1) is 10.5. The SMILES string of the molecule is C[C@@H](OC(=O)CCc1cccs1)C(=O)Nc1cccc(Cl)c1. The summed E-state index contributed by atoms with van der Waals surface area (Å²) in [4.78, 5) is 24.8. The van der Waals surface area contributed by atoms with Crippen LogP contribution in [-0.4, -0.2) is 18.0 Å². The van der Waals surface area contributed by atoms with Gasteiger partial charge in [-0.25, -0.2) is 0 Å². The van der Waals surface area contributed by atoms with Gasteiger partial charge in [0.05, 0.1) is 6.42 Å². The van der Waals surface area contributed by atoms with E-state index in [1.165, 1.54) is 0 Å². The third-order valence-corrected chi connectivity index (χ3v) is 4.10. The van der Waals surface area contributed by atoms with E-state index in [4.69, 9.17) is 16.3 Å². The Morgan fingerprint density at radius 1 is 1.32 bits per heavy atom. The highest BCUT2D eigenvalue weighted by Crippen LogP contribution is 2.15. The van der Waals surface area contributed by atoms with Crippen LogP contribution in [0.2, 0.25) is 5.02 Å². The number of benzene rings is 1. The summed E-state index contributed by atoms with van der Waals surface area (Å²) in [5.74, 6) is -0.770. The van der Waals surface area contributed by atoms with E-state index in [-0.39, 0.29) is 18.3 Å². The molecule has 2 rings (SSSR count). The summed E-state index contributed by atoms with van der Waals surface area (Å²) in [7, 11) is 0. The largest absolute Gasteiger partial charge is 0.453 e. The summed E-state index contributed by atoms with van der Waals surface area (Å²) in [6.45, 7) is 1.54. The number of amides is 1. The molecule has 0 fully saturated rings. The molecule has 1 heterocycles. The average Bonchev–Trinajstić information content (AvgIpc) is 2.98. The number of halogens is 1. The van der Waals surface area contributed by atoms with Gasteiger partial charge in [0.2, 0.25) is 0 Å². The van der Waals surface area contributed by atoms with Crippen LogP contribution in [0.15, 0.2) is 41.8 Å². The maximum absolute atomic E-state index is 12.0. The summed E-state index contributed by atoms with van der Waals surface area (Å²) < 4.78 is 5.13. The van der Waals surface area contributed by atoms with Gasteiger partial charge in [-0.2, -0.15) is 0 Å². The van der Waals surface area contributed by atoms with E-state index in [9.17, 15) is 9.59 Å². The fraction of sp³-hybridized carbons (Fsp3) is 0.250. The van der Waals surface area contributed by atoms with E-state index < -0.39 is 6.10 Å². The maximum atomic E-state index is 12.0. The predicted octanol–water partition coefficient (Wildman–Crippen LogP) is 3.90. The minimum atomic E-state index is -0.852. The van der Waals surface area contributed by atoms with Crippen molar-refractivity contribution < 1.29 is 14.3 Å². The molecule has 1 amide bonds. The van der Waals surface area contributed by atoms with Gasteiger partial charge in [-0.05, 0) is 43.0 Å². The molecule has 116 valence electrons. The standard InChI is InChI=1S/C16H16ClNO3S/c1-11(16(20)18-13-5-2-4-12(17)10-13)21-15(19)8-7-14-6-3-9-22-14/h2-6,9-11H,7-8H2,1H3,(H,18,20)/t11-/m1/s1. The molecule has 0 aliphatic heterocycles. The van der Waals surface area contributed by atoms with Crippen molar-refractivity contribution in [1.29, 1.82) is 0 Å². The van der Waals surface area contributed by atoms with Crippen LogP contribution >= 0.6 is 22.9 Å². The van der Waals surface area contributed by atoms with Crippen LogP contribution in [0.5, 0.6) is 0 Å². The number of nitrogens with one attached hydrogen (secondary N) is 1. The lowest BCUT2D eigenvalue weighted by molar-refractivity contribution is -0.153. The second-order valence-corrected chi connectivity index (χ2v) is 6.18. The van der Waals surface area contributed by atoms with Gasteiger partial charge in [0.1, 0.15) is 0 Å². The molecule has 6 heteroatoms. The van der Waals surface area contributed by atoms with Crippen molar-refractivity contribution in [3.63, 3.8) is 0 Å². The van der Waals surface area contributed by atoms with Crippen LogP contribution in [0.1, 0.15) is 18.2 Å². The number of ether oxygens (including phenoxy) is 1. The summed E-state index contributed by atoms with van der Waals surface area (Å²) in [5.41, 5.74) is 0.569. The maximum Gasteiger partial charge on any atom is 0.306 e. The molecule has 0 saturated heterocycles. The number of esters is 1. The minimum absolute atomic E-state index is 0.259. The van der Waals surface area contributed by atoms with Crippen molar-refractivity contribution in [2.24, 2.45) is 0 Å². The molecule has 0 saturated carbocycles. The molecule has 1 atom stereocenters. The Morgan fingerprint density at radius 2 is 2.14 bits per heavy atom. The molecular weight excluding hydrogens is 322 g/mol. The van der Waals surface area contributed by atoms with Crippen LogP contribution in [0.3, 0.4) is 0 Å². The van der Waals surface area contributed by atoms with Crippen LogP contribution < -0.4 is 5.32 Å². The molecule has 1 aromatic heterocycles. The van der Waals surface area contributed by atoms with Gasteiger partial charge >= 0.3 is 5.97 Å². The number of rotatable bonds is 6. The summed E-state index contributed by atoms with van der Waals surface area (Å²) in [6, 6.07) is 10.7. The number of thiophene rings is 1. The first kappa shape index (κ1) is 16.5. The van der Waals surface area contributed by atoms with Gasteiger partial charge in [0.25, 0.3) is 5.91 Å². The lowest BCUT2D eigenvalue weighted by Crippen LogP contribution is -2.30. The van der Waals surface area contributed by atoms with Gasteiger partial charge in [-0.15, -0.1) is 11.3 Å². The molecule has 1 N–H and O–H groups in total. The molecule has 0 aliphatic carbocycles. The zero-order valence-corrected chi connectivity index (χ0v) is 13.6. The minimum Gasteiger partial charge on any atom is -0.453 e. The Labute approximate surface area is 138 Å². The lowest BCUT2D eigenvalue weighted by atomic mass is 10.2. The quantitative estimate of drug-likeness (QED) is 0.813. The number of hydrogen-bond acceptors (Lipinski definition) is 4. The van der Waals surface area contributed by atoms with Gasteiger partial charge in [0, 0.05) is 15.6 Å². The predicted molar refractivity (Wildman–Crippen MR) is 88.3 cm³/mol. The third-order valence-electron chi connectivity index (χ3n) is 2.93. The number of carbonyl (C=O) groups excluding carboxylic acids is 2. The Balaban J connectivity index is 1.79. The van der Waals surface area contributed by atoms with E-state index in [0.29, 0.717) is 17.1 Å². The fourth-order valence-corrected chi connectivity index (χ4v) is 2.70. The van der Waals surface area contributed by atoms with E-state index in [1.54, 1.807) is 42.5 Å².